The Hall–Kier alpha value is -3.02. The summed E-state index contributed by atoms with van der Waals surface area (Å²) in [5.74, 6) is 1.96. The van der Waals surface area contributed by atoms with Gasteiger partial charge in [-0.15, -0.1) is 0 Å². The van der Waals surface area contributed by atoms with Crippen LogP contribution < -0.4 is 14.8 Å². The molecule has 0 bridgehead atoms. The average molecular weight is 368 g/mol. The molecule has 142 valence electrons. The van der Waals surface area contributed by atoms with Crippen molar-refractivity contribution in [3.8, 4) is 17.2 Å². The Balaban J connectivity index is 1.59. The lowest BCUT2D eigenvalue weighted by Crippen LogP contribution is -2.34. The van der Waals surface area contributed by atoms with E-state index in [0.29, 0.717) is 43.1 Å². The van der Waals surface area contributed by atoms with Crippen LogP contribution in [0.4, 0.5) is 0 Å². The molecule has 1 atom stereocenters. The van der Waals surface area contributed by atoms with Crippen molar-refractivity contribution < 1.29 is 19.1 Å². The van der Waals surface area contributed by atoms with Gasteiger partial charge in [-0.1, -0.05) is 0 Å². The summed E-state index contributed by atoms with van der Waals surface area (Å²) in [5, 5.41) is 2.82. The Morgan fingerprint density at radius 2 is 1.63 bits per heavy atom. The monoisotopic (exact) mass is 368 g/mol. The second-order valence-electron chi connectivity index (χ2n) is 6.43. The number of nitrogens with one attached hydrogen (secondary N) is 1. The van der Waals surface area contributed by atoms with Crippen LogP contribution in [0.2, 0.25) is 0 Å². The Morgan fingerprint density at radius 1 is 1.04 bits per heavy atom. The van der Waals surface area contributed by atoms with Crippen LogP contribution in [0.3, 0.4) is 0 Å². The number of methoxy groups -OCH3 is 1. The van der Waals surface area contributed by atoms with Crippen molar-refractivity contribution >= 4 is 11.8 Å². The highest BCUT2D eigenvalue weighted by atomic mass is 16.5. The normalized spacial score (nSPS) is 16.1. The van der Waals surface area contributed by atoms with Gasteiger partial charge in [0.15, 0.2) is 0 Å². The summed E-state index contributed by atoms with van der Waals surface area (Å²) in [6.07, 6.45) is 0.705. The second kappa shape index (κ2) is 8.58. The van der Waals surface area contributed by atoms with E-state index in [4.69, 9.17) is 9.47 Å². The van der Waals surface area contributed by atoms with Gasteiger partial charge in [0, 0.05) is 25.2 Å². The summed E-state index contributed by atoms with van der Waals surface area (Å²) < 4.78 is 10.9. The minimum absolute atomic E-state index is 0.0241. The van der Waals surface area contributed by atoms with Crippen molar-refractivity contribution in [2.75, 3.05) is 26.7 Å². The maximum atomic E-state index is 12.7. The van der Waals surface area contributed by atoms with Gasteiger partial charge in [-0.3, -0.25) is 9.59 Å². The largest absolute Gasteiger partial charge is 0.497 e. The van der Waals surface area contributed by atoms with E-state index in [9.17, 15) is 9.59 Å². The average Bonchev–Trinajstić information content (AvgIpc) is 3.19. The summed E-state index contributed by atoms with van der Waals surface area (Å²) in [5.41, 5.74) is 0.591. The summed E-state index contributed by atoms with van der Waals surface area (Å²) >= 11 is 0. The van der Waals surface area contributed by atoms with Crippen LogP contribution in [0.25, 0.3) is 0 Å². The van der Waals surface area contributed by atoms with Crippen LogP contribution in [0.15, 0.2) is 48.5 Å². The molecule has 0 saturated carbocycles. The van der Waals surface area contributed by atoms with Gasteiger partial charge in [0.05, 0.1) is 13.0 Å². The van der Waals surface area contributed by atoms with E-state index < -0.39 is 0 Å². The first-order valence-corrected chi connectivity index (χ1v) is 9.09. The molecule has 27 heavy (non-hydrogen) atoms. The molecule has 0 aliphatic carbocycles. The number of benzene rings is 2. The lowest BCUT2D eigenvalue weighted by atomic mass is 10.1. The number of nitrogens with zero attached hydrogens (tertiary/aromatic N) is 1. The topological polar surface area (TPSA) is 67.9 Å². The molecule has 1 aliphatic heterocycles. The van der Waals surface area contributed by atoms with E-state index >= 15 is 0 Å². The molecule has 1 unspecified atom stereocenters. The van der Waals surface area contributed by atoms with Crippen molar-refractivity contribution in [1.82, 2.24) is 10.2 Å². The van der Waals surface area contributed by atoms with E-state index in [0.717, 1.165) is 5.75 Å². The zero-order valence-corrected chi connectivity index (χ0v) is 15.6. The number of amides is 2. The van der Waals surface area contributed by atoms with Gasteiger partial charge in [0.1, 0.15) is 17.2 Å². The number of carbonyl (C=O) groups is 2. The fourth-order valence-electron chi connectivity index (χ4n) is 3.11. The number of ether oxygens (including phenoxy) is 2. The van der Waals surface area contributed by atoms with E-state index in [2.05, 4.69) is 5.32 Å². The lowest BCUT2D eigenvalue weighted by Gasteiger charge is -2.16. The predicted octanol–water partition coefficient (Wildman–Crippen LogP) is 3.09. The molecule has 2 aromatic carbocycles. The summed E-state index contributed by atoms with van der Waals surface area (Å²) in [7, 11) is 1.62. The van der Waals surface area contributed by atoms with E-state index in [1.54, 1.807) is 36.3 Å². The standard InChI is InChI=1S/C21H24N2O4/c1-3-22-20(24)16-12-13-23(14-16)21(25)15-4-6-18(7-5-15)27-19-10-8-17(26-2)9-11-19/h4-11,16H,3,12-14H2,1-2H3,(H,22,24). The summed E-state index contributed by atoms with van der Waals surface area (Å²) in [6.45, 7) is 3.57. The van der Waals surface area contributed by atoms with Crippen LogP contribution in [0.1, 0.15) is 23.7 Å². The first-order valence-electron chi connectivity index (χ1n) is 9.09. The third kappa shape index (κ3) is 4.58. The van der Waals surface area contributed by atoms with Gasteiger partial charge in [-0.05, 0) is 61.9 Å². The molecule has 0 spiro atoms. The van der Waals surface area contributed by atoms with Crippen LogP contribution in [-0.2, 0) is 4.79 Å². The van der Waals surface area contributed by atoms with E-state index in [1.807, 2.05) is 31.2 Å². The number of hydrogen-bond donors (Lipinski definition) is 1. The number of rotatable bonds is 6. The van der Waals surface area contributed by atoms with E-state index in [1.165, 1.54) is 0 Å². The molecular weight excluding hydrogens is 344 g/mol. The van der Waals surface area contributed by atoms with Crippen LogP contribution in [-0.4, -0.2) is 43.5 Å². The molecule has 1 fully saturated rings. The molecule has 1 heterocycles. The van der Waals surface area contributed by atoms with Crippen molar-refractivity contribution in [1.29, 1.82) is 0 Å². The molecule has 1 aliphatic rings. The highest BCUT2D eigenvalue weighted by Crippen LogP contribution is 2.25. The molecule has 6 heteroatoms. The molecule has 1 saturated heterocycles. The third-order valence-electron chi connectivity index (χ3n) is 4.59. The van der Waals surface area contributed by atoms with Gasteiger partial charge in [-0.2, -0.15) is 0 Å². The Bertz CT molecular complexity index is 787. The SMILES string of the molecule is CCNC(=O)C1CCN(C(=O)c2ccc(Oc3ccc(OC)cc3)cc2)C1. The number of hydrogen-bond acceptors (Lipinski definition) is 4. The molecular formula is C21H24N2O4. The van der Waals surface area contributed by atoms with Gasteiger partial charge < -0.3 is 19.7 Å². The molecule has 2 amide bonds. The predicted molar refractivity (Wildman–Crippen MR) is 102 cm³/mol. The van der Waals surface area contributed by atoms with Crippen molar-refractivity contribution in [3.63, 3.8) is 0 Å². The molecule has 1 N–H and O–H groups in total. The van der Waals surface area contributed by atoms with Gasteiger partial charge >= 0.3 is 0 Å². The first-order chi connectivity index (χ1) is 13.1. The molecule has 6 nitrogen and oxygen atoms in total. The number of carbonyl (C=O) groups excluding carboxylic acids is 2. The highest BCUT2D eigenvalue weighted by molar-refractivity contribution is 5.95. The summed E-state index contributed by atoms with van der Waals surface area (Å²) in [6, 6.07) is 14.3. The fourth-order valence-corrected chi connectivity index (χ4v) is 3.11. The molecule has 0 radical (unpaired) electrons. The quantitative estimate of drug-likeness (QED) is 0.851. The highest BCUT2D eigenvalue weighted by Gasteiger charge is 2.31. The smallest absolute Gasteiger partial charge is 0.253 e. The van der Waals surface area contributed by atoms with Gasteiger partial charge in [-0.25, -0.2) is 0 Å². The van der Waals surface area contributed by atoms with Crippen LogP contribution in [0.5, 0.6) is 17.2 Å². The Morgan fingerprint density at radius 3 is 2.22 bits per heavy atom. The van der Waals surface area contributed by atoms with E-state index in [-0.39, 0.29) is 17.7 Å². The first kappa shape index (κ1) is 18.8. The van der Waals surface area contributed by atoms with Crippen molar-refractivity contribution in [3.05, 3.63) is 54.1 Å². The van der Waals surface area contributed by atoms with Crippen LogP contribution >= 0.6 is 0 Å². The van der Waals surface area contributed by atoms with Crippen LogP contribution in [0, 0.1) is 5.92 Å². The van der Waals surface area contributed by atoms with Crippen molar-refractivity contribution in [2.24, 2.45) is 5.92 Å². The zero-order valence-electron chi connectivity index (χ0n) is 15.6. The minimum Gasteiger partial charge on any atom is -0.497 e. The van der Waals surface area contributed by atoms with Crippen molar-refractivity contribution in [2.45, 2.75) is 13.3 Å². The minimum atomic E-state index is -0.119. The maximum absolute atomic E-state index is 12.7. The maximum Gasteiger partial charge on any atom is 0.253 e. The zero-order chi connectivity index (χ0) is 19.2. The summed E-state index contributed by atoms with van der Waals surface area (Å²) in [4.78, 5) is 26.3. The third-order valence-corrected chi connectivity index (χ3v) is 4.59. The Kier molecular flexibility index (Phi) is 5.96. The molecule has 3 rings (SSSR count). The van der Waals surface area contributed by atoms with Gasteiger partial charge in [0.25, 0.3) is 5.91 Å². The van der Waals surface area contributed by atoms with Gasteiger partial charge in [0.2, 0.25) is 5.91 Å². The lowest BCUT2D eigenvalue weighted by molar-refractivity contribution is -0.124. The molecule has 2 aromatic rings. The molecule has 0 aromatic heterocycles. The fraction of sp³-hybridized carbons (Fsp3) is 0.333. The number of likely N-dealkylation sites (tertiary alicyclic amines) is 1. The Labute approximate surface area is 159 Å². The second-order valence-corrected chi connectivity index (χ2v) is 6.43.